The molecule has 1 N–H and O–H groups in total. The Morgan fingerprint density at radius 2 is 2.12 bits per heavy atom. The second kappa shape index (κ2) is 7.01. The molecule has 2 nitrogen and oxygen atoms in total. The zero-order valence-electron chi connectivity index (χ0n) is 11.2. The Bertz CT molecular complexity index is 211. The monoisotopic (exact) mass is 257 g/mol. The summed E-state index contributed by atoms with van der Waals surface area (Å²) in [6.07, 6.45) is 12.7. The van der Waals surface area contributed by atoms with Crippen LogP contribution in [0.3, 0.4) is 0 Å². The highest BCUT2D eigenvalue weighted by atomic mass is 32.2. The van der Waals surface area contributed by atoms with E-state index >= 15 is 0 Å². The van der Waals surface area contributed by atoms with Crippen molar-refractivity contribution in [3.8, 4) is 0 Å². The Labute approximate surface area is 110 Å². The van der Waals surface area contributed by atoms with Gasteiger partial charge < -0.3 is 10.1 Å². The maximum Gasteiger partial charge on any atom is 0.0697 e. The average molecular weight is 257 g/mol. The van der Waals surface area contributed by atoms with Crippen LogP contribution < -0.4 is 5.32 Å². The van der Waals surface area contributed by atoms with Crippen molar-refractivity contribution in [2.45, 2.75) is 63.0 Å². The lowest BCUT2D eigenvalue weighted by molar-refractivity contribution is -0.109. The van der Waals surface area contributed by atoms with Crippen LogP contribution in [0.15, 0.2) is 0 Å². The highest BCUT2D eigenvalue weighted by molar-refractivity contribution is 7.98. The second-order valence-electron chi connectivity index (χ2n) is 5.58. The third kappa shape index (κ3) is 4.15. The Balaban J connectivity index is 1.72. The molecule has 1 spiro atoms. The van der Waals surface area contributed by atoms with Gasteiger partial charge in [0.25, 0.3) is 0 Å². The van der Waals surface area contributed by atoms with Crippen LogP contribution >= 0.6 is 11.8 Å². The molecule has 2 rings (SSSR count). The molecule has 1 atom stereocenters. The second-order valence-corrected chi connectivity index (χ2v) is 6.57. The molecule has 1 unspecified atom stereocenters. The van der Waals surface area contributed by atoms with Crippen molar-refractivity contribution >= 4 is 11.8 Å². The third-order valence-electron chi connectivity index (χ3n) is 4.22. The zero-order chi connectivity index (χ0) is 12.0. The molecule has 1 aliphatic heterocycles. The number of hydrogen-bond donors (Lipinski definition) is 1. The van der Waals surface area contributed by atoms with Gasteiger partial charge in [-0.25, -0.2) is 0 Å². The number of nitrogens with one attached hydrogen (secondary N) is 1. The van der Waals surface area contributed by atoms with Crippen LogP contribution in [0, 0.1) is 0 Å². The first-order valence-electron chi connectivity index (χ1n) is 7.21. The van der Waals surface area contributed by atoms with Crippen molar-refractivity contribution in [3.63, 3.8) is 0 Å². The number of rotatable bonds is 5. The van der Waals surface area contributed by atoms with Crippen LogP contribution in [-0.4, -0.2) is 36.8 Å². The molecule has 1 saturated heterocycles. The van der Waals surface area contributed by atoms with Gasteiger partial charge >= 0.3 is 0 Å². The van der Waals surface area contributed by atoms with Crippen LogP contribution in [-0.2, 0) is 4.74 Å². The topological polar surface area (TPSA) is 21.3 Å². The first kappa shape index (κ1) is 13.7. The molecule has 100 valence electrons. The zero-order valence-corrected chi connectivity index (χ0v) is 12.0. The van der Waals surface area contributed by atoms with Gasteiger partial charge in [0.2, 0.25) is 0 Å². The van der Waals surface area contributed by atoms with E-state index in [9.17, 15) is 0 Å². The van der Waals surface area contributed by atoms with Crippen LogP contribution in [0.2, 0.25) is 0 Å². The van der Waals surface area contributed by atoms with Crippen molar-refractivity contribution < 1.29 is 4.74 Å². The lowest BCUT2D eigenvalue weighted by Crippen LogP contribution is -2.48. The van der Waals surface area contributed by atoms with E-state index in [-0.39, 0.29) is 5.60 Å². The summed E-state index contributed by atoms with van der Waals surface area (Å²) in [7, 11) is 0. The first-order chi connectivity index (χ1) is 8.35. The normalized spacial score (nSPS) is 28.4. The summed E-state index contributed by atoms with van der Waals surface area (Å²) in [5, 5.41) is 3.73. The van der Waals surface area contributed by atoms with Gasteiger partial charge in [-0.2, -0.15) is 11.8 Å². The highest BCUT2D eigenvalue weighted by Gasteiger charge is 2.38. The fourth-order valence-electron chi connectivity index (χ4n) is 3.27. The largest absolute Gasteiger partial charge is 0.375 e. The predicted octanol–water partition coefficient (Wildman–Crippen LogP) is 3.21. The lowest BCUT2D eigenvalue weighted by atomic mass is 9.78. The van der Waals surface area contributed by atoms with E-state index in [0.717, 1.165) is 6.61 Å². The molecule has 0 aromatic rings. The minimum atomic E-state index is 0.258. The standard InChI is InChI=1S/C14H27NOS/c1-17-11-5-9-15-13-6-10-16-14(12-13)7-3-2-4-8-14/h13,15H,2-12H2,1H3. The van der Waals surface area contributed by atoms with Crippen molar-refractivity contribution in [3.05, 3.63) is 0 Å². The Morgan fingerprint density at radius 1 is 1.29 bits per heavy atom. The summed E-state index contributed by atoms with van der Waals surface area (Å²) in [4.78, 5) is 0. The van der Waals surface area contributed by atoms with Gasteiger partial charge in [-0.3, -0.25) is 0 Å². The minimum absolute atomic E-state index is 0.258. The summed E-state index contributed by atoms with van der Waals surface area (Å²) in [5.41, 5.74) is 0.258. The molecule has 0 bridgehead atoms. The van der Waals surface area contributed by atoms with Gasteiger partial charge in [-0.05, 0) is 50.7 Å². The molecule has 2 fully saturated rings. The van der Waals surface area contributed by atoms with E-state index in [4.69, 9.17) is 4.74 Å². The van der Waals surface area contributed by atoms with Crippen molar-refractivity contribution in [2.75, 3.05) is 25.2 Å². The molecule has 1 heterocycles. The van der Waals surface area contributed by atoms with Crippen LogP contribution in [0.4, 0.5) is 0 Å². The molecular formula is C14H27NOS. The van der Waals surface area contributed by atoms with Crippen LogP contribution in [0.25, 0.3) is 0 Å². The van der Waals surface area contributed by atoms with Gasteiger partial charge in [-0.1, -0.05) is 19.3 Å². The van der Waals surface area contributed by atoms with Crippen LogP contribution in [0.5, 0.6) is 0 Å². The molecule has 0 amide bonds. The molecule has 0 aromatic heterocycles. The number of hydrogen-bond acceptors (Lipinski definition) is 3. The Morgan fingerprint density at radius 3 is 2.88 bits per heavy atom. The Kier molecular flexibility index (Phi) is 5.64. The number of ether oxygens (including phenoxy) is 1. The quantitative estimate of drug-likeness (QED) is 0.764. The fourth-order valence-corrected chi connectivity index (χ4v) is 3.70. The van der Waals surface area contributed by atoms with E-state index in [2.05, 4.69) is 11.6 Å². The average Bonchev–Trinajstić information content (AvgIpc) is 2.36. The molecular weight excluding hydrogens is 230 g/mol. The number of thioether (sulfide) groups is 1. The molecule has 0 radical (unpaired) electrons. The minimum Gasteiger partial charge on any atom is -0.375 e. The molecule has 2 aliphatic rings. The highest BCUT2D eigenvalue weighted by Crippen LogP contribution is 2.38. The summed E-state index contributed by atoms with van der Waals surface area (Å²) >= 11 is 1.95. The van der Waals surface area contributed by atoms with Crippen molar-refractivity contribution in [1.29, 1.82) is 0 Å². The van der Waals surface area contributed by atoms with Gasteiger partial charge in [0.15, 0.2) is 0 Å². The summed E-state index contributed by atoms with van der Waals surface area (Å²) in [6, 6.07) is 0.712. The van der Waals surface area contributed by atoms with Crippen LogP contribution in [0.1, 0.15) is 51.4 Å². The smallest absolute Gasteiger partial charge is 0.0697 e. The van der Waals surface area contributed by atoms with E-state index in [1.807, 2.05) is 11.8 Å². The molecule has 1 aliphatic carbocycles. The van der Waals surface area contributed by atoms with Gasteiger partial charge in [-0.15, -0.1) is 0 Å². The summed E-state index contributed by atoms with van der Waals surface area (Å²) < 4.78 is 6.12. The Hall–Kier alpha value is 0.270. The molecule has 17 heavy (non-hydrogen) atoms. The van der Waals surface area contributed by atoms with Gasteiger partial charge in [0, 0.05) is 12.6 Å². The molecule has 0 aromatic carbocycles. The van der Waals surface area contributed by atoms with E-state index < -0.39 is 0 Å². The van der Waals surface area contributed by atoms with Gasteiger partial charge in [0.05, 0.1) is 5.60 Å². The fraction of sp³-hybridized carbons (Fsp3) is 1.00. The molecule has 3 heteroatoms. The van der Waals surface area contributed by atoms with E-state index in [1.165, 1.54) is 63.7 Å². The SMILES string of the molecule is CSCCCNC1CCOC2(CCCCC2)C1. The summed E-state index contributed by atoms with van der Waals surface area (Å²) in [5.74, 6) is 1.28. The van der Waals surface area contributed by atoms with Crippen molar-refractivity contribution in [1.82, 2.24) is 5.32 Å². The van der Waals surface area contributed by atoms with E-state index in [1.54, 1.807) is 0 Å². The predicted molar refractivity (Wildman–Crippen MR) is 75.8 cm³/mol. The summed E-state index contributed by atoms with van der Waals surface area (Å²) in [6.45, 7) is 2.15. The maximum atomic E-state index is 6.12. The third-order valence-corrected chi connectivity index (χ3v) is 4.91. The molecule has 1 saturated carbocycles. The van der Waals surface area contributed by atoms with Gasteiger partial charge in [0.1, 0.15) is 0 Å². The van der Waals surface area contributed by atoms with E-state index in [0.29, 0.717) is 6.04 Å². The lowest BCUT2D eigenvalue weighted by Gasteiger charge is -2.43. The van der Waals surface area contributed by atoms with Crippen molar-refractivity contribution in [2.24, 2.45) is 0 Å². The maximum absolute atomic E-state index is 6.12. The first-order valence-corrected chi connectivity index (χ1v) is 8.60.